The number of nitrogens with zero attached hydrogens (tertiary/aromatic N) is 1. The molecule has 1 heterocycles. The number of sulfonamides is 1. The Balaban J connectivity index is 2.15. The van der Waals surface area contributed by atoms with Crippen LogP contribution in [-0.2, 0) is 20.4 Å². The van der Waals surface area contributed by atoms with Crippen LogP contribution in [0.15, 0.2) is 52.3 Å². The smallest absolute Gasteiger partial charge is 0.424 e. The second kappa shape index (κ2) is 8.52. The Kier molecular flexibility index (Phi) is 6.46. The lowest BCUT2D eigenvalue weighted by molar-refractivity contribution is -0.271. The average molecular weight is 497 g/mol. The van der Waals surface area contributed by atoms with Gasteiger partial charge in [-0.3, -0.25) is 9.10 Å². The number of rotatable bonds is 6. The third kappa shape index (κ3) is 4.28. The lowest BCUT2D eigenvalue weighted by Crippen LogP contribution is -2.46. The SMILES string of the molecule is O=C(O)CC1CSc2cc(C(O)(CF)C(F)(F)F)ccc2N1S(=O)(=O)c1ccc(F)cc1. The molecule has 0 aliphatic carbocycles. The monoisotopic (exact) mass is 497 g/mol. The van der Waals surface area contributed by atoms with Gasteiger partial charge in [-0.2, -0.15) is 13.2 Å². The number of aliphatic hydroxyl groups is 1. The maximum absolute atomic E-state index is 13.3. The number of fused-ring (bicyclic) bond motifs is 1. The number of carbonyl (C=O) groups is 1. The molecule has 6 nitrogen and oxygen atoms in total. The standard InChI is InChI=1S/C19H16F5NO5S2/c20-10-18(28,19(22,23)24)11-1-6-15-16(7-11)31-9-13(8-17(26)27)25(15)32(29,30)14-4-2-12(21)3-5-14/h1-7,13,28H,8-10H2,(H,26,27). The molecular formula is C19H16F5NO5S2. The Morgan fingerprint density at radius 2 is 1.78 bits per heavy atom. The van der Waals surface area contributed by atoms with Crippen molar-refractivity contribution in [1.82, 2.24) is 0 Å². The van der Waals surface area contributed by atoms with Crippen LogP contribution < -0.4 is 4.31 Å². The highest BCUT2D eigenvalue weighted by atomic mass is 32.2. The third-order valence-electron chi connectivity index (χ3n) is 4.88. The zero-order chi connectivity index (χ0) is 23.9. The quantitative estimate of drug-likeness (QED) is 0.592. The first kappa shape index (κ1) is 24.3. The number of anilines is 1. The van der Waals surface area contributed by atoms with Gasteiger partial charge in [0.2, 0.25) is 5.60 Å². The number of benzene rings is 2. The van der Waals surface area contributed by atoms with Crippen LogP contribution in [0.5, 0.6) is 0 Å². The molecule has 0 saturated heterocycles. The molecule has 2 unspecified atom stereocenters. The zero-order valence-corrected chi connectivity index (χ0v) is 17.6. The van der Waals surface area contributed by atoms with Gasteiger partial charge < -0.3 is 10.2 Å². The summed E-state index contributed by atoms with van der Waals surface area (Å²) in [5.74, 6) is -2.15. The van der Waals surface area contributed by atoms with Crippen LogP contribution in [-0.4, -0.2) is 49.2 Å². The fraction of sp³-hybridized carbons (Fsp3) is 0.316. The maximum atomic E-state index is 13.3. The topological polar surface area (TPSA) is 94.9 Å². The Labute approximate surface area is 183 Å². The highest BCUT2D eigenvalue weighted by Crippen LogP contribution is 2.46. The Hall–Kier alpha value is -2.38. The van der Waals surface area contributed by atoms with E-state index in [0.29, 0.717) is 0 Å². The first-order valence-corrected chi connectivity index (χ1v) is 11.4. The van der Waals surface area contributed by atoms with Gasteiger partial charge in [0.05, 0.1) is 23.0 Å². The van der Waals surface area contributed by atoms with E-state index in [-0.39, 0.29) is 21.2 Å². The van der Waals surface area contributed by atoms with E-state index in [1.165, 1.54) is 0 Å². The van der Waals surface area contributed by atoms with Crippen molar-refractivity contribution in [3.05, 3.63) is 53.8 Å². The van der Waals surface area contributed by atoms with Crippen molar-refractivity contribution in [2.45, 2.75) is 34.0 Å². The molecule has 1 aliphatic rings. The van der Waals surface area contributed by atoms with Crippen molar-refractivity contribution in [1.29, 1.82) is 0 Å². The molecular weight excluding hydrogens is 481 g/mol. The van der Waals surface area contributed by atoms with Crippen molar-refractivity contribution < 1.29 is 45.4 Å². The van der Waals surface area contributed by atoms with E-state index in [1.807, 2.05) is 0 Å². The second-order valence-corrected chi connectivity index (χ2v) is 9.87. The van der Waals surface area contributed by atoms with Crippen LogP contribution in [0.1, 0.15) is 12.0 Å². The van der Waals surface area contributed by atoms with Crippen LogP contribution in [0.3, 0.4) is 0 Å². The van der Waals surface area contributed by atoms with E-state index in [4.69, 9.17) is 0 Å². The molecule has 13 heteroatoms. The first-order valence-electron chi connectivity index (χ1n) is 8.95. The van der Waals surface area contributed by atoms with Gasteiger partial charge in [-0.15, -0.1) is 11.8 Å². The molecule has 3 rings (SSSR count). The van der Waals surface area contributed by atoms with Crippen LogP contribution in [0.25, 0.3) is 0 Å². The summed E-state index contributed by atoms with van der Waals surface area (Å²) in [6, 6.07) is 5.17. The lowest BCUT2D eigenvalue weighted by Gasteiger charge is -2.37. The molecule has 0 saturated carbocycles. The number of halogens is 5. The van der Waals surface area contributed by atoms with E-state index in [2.05, 4.69) is 0 Å². The molecule has 0 amide bonds. The largest absolute Gasteiger partial charge is 0.481 e. The van der Waals surface area contributed by atoms with E-state index in [9.17, 15) is 45.4 Å². The van der Waals surface area contributed by atoms with Crippen molar-refractivity contribution in [2.24, 2.45) is 0 Å². The van der Waals surface area contributed by atoms with Crippen LogP contribution in [0, 0.1) is 5.82 Å². The summed E-state index contributed by atoms with van der Waals surface area (Å²) in [4.78, 5) is 10.9. The molecule has 174 valence electrons. The third-order valence-corrected chi connectivity index (χ3v) is 7.95. The second-order valence-electron chi connectivity index (χ2n) is 6.99. The van der Waals surface area contributed by atoms with Gasteiger partial charge in [-0.1, -0.05) is 6.07 Å². The summed E-state index contributed by atoms with van der Waals surface area (Å²) >= 11 is 0.877. The van der Waals surface area contributed by atoms with Gasteiger partial charge in [0, 0.05) is 10.6 Å². The minimum Gasteiger partial charge on any atom is -0.481 e. The zero-order valence-electron chi connectivity index (χ0n) is 16.0. The number of thioether (sulfide) groups is 1. The van der Waals surface area contributed by atoms with E-state index < -0.39 is 58.3 Å². The number of hydrogen-bond acceptors (Lipinski definition) is 5. The Morgan fingerprint density at radius 1 is 1.16 bits per heavy atom. The van der Waals surface area contributed by atoms with E-state index >= 15 is 0 Å². The summed E-state index contributed by atoms with van der Waals surface area (Å²) in [7, 11) is -4.44. The normalized spacial score (nSPS) is 18.7. The maximum Gasteiger partial charge on any atom is 0.424 e. The van der Waals surface area contributed by atoms with Crippen molar-refractivity contribution in [3.8, 4) is 0 Å². The van der Waals surface area contributed by atoms with Crippen LogP contribution in [0.4, 0.5) is 27.6 Å². The molecule has 2 aromatic rings. The van der Waals surface area contributed by atoms with Crippen LogP contribution in [0.2, 0.25) is 0 Å². The Bertz CT molecular complexity index is 1120. The van der Waals surface area contributed by atoms with Crippen LogP contribution >= 0.6 is 11.8 Å². The summed E-state index contributed by atoms with van der Waals surface area (Å²) in [6.07, 6.45) is -5.94. The van der Waals surface area contributed by atoms with Gasteiger partial charge in [-0.25, -0.2) is 17.2 Å². The number of hydrogen-bond donors (Lipinski definition) is 2. The summed E-state index contributed by atoms with van der Waals surface area (Å²) in [6.45, 7) is -2.15. The van der Waals surface area contributed by atoms with Gasteiger partial charge >= 0.3 is 12.1 Å². The number of carboxylic acids is 1. The predicted octanol–water partition coefficient (Wildman–Crippen LogP) is 3.69. The highest BCUT2D eigenvalue weighted by molar-refractivity contribution is 8.00. The minimum atomic E-state index is -5.33. The molecule has 0 fully saturated rings. The molecule has 1 aliphatic heterocycles. The first-order chi connectivity index (χ1) is 14.8. The molecule has 32 heavy (non-hydrogen) atoms. The summed E-state index contributed by atoms with van der Waals surface area (Å²) < 4.78 is 93.5. The Morgan fingerprint density at radius 3 is 2.31 bits per heavy atom. The molecule has 0 aromatic heterocycles. The highest BCUT2D eigenvalue weighted by Gasteiger charge is 2.55. The van der Waals surface area contributed by atoms with Crippen molar-refractivity contribution in [2.75, 3.05) is 16.7 Å². The molecule has 2 atom stereocenters. The average Bonchev–Trinajstić information content (AvgIpc) is 2.71. The number of alkyl halides is 4. The van der Waals surface area contributed by atoms with Crippen molar-refractivity contribution in [3.63, 3.8) is 0 Å². The van der Waals surface area contributed by atoms with E-state index in [1.54, 1.807) is 0 Å². The summed E-state index contributed by atoms with van der Waals surface area (Å²) in [5.41, 5.74) is -4.75. The summed E-state index contributed by atoms with van der Waals surface area (Å²) in [5, 5.41) is 19.1. The predicted molar refractivity (Wildman–Crippen MR) is 105 cm³/mol. The van der Waals surface area contributed by atoms with Gasteiger partial charge in [-0.05, 0) is 42.0 Å². The van der Waals surface area contributed by atoms with Gasteiger partial charge in [0.25, 0.3) is 10.0 Å². The lowest BCUT2D eigenvalue weighted by atomic mass is 9.94. The number of aliphatic carboxylic acids is 1. The fourth-order valence-electron chi connectivity index (χ4n) is 3.23. The van der Waals surface area contributed by atoms with Crippen molar-refractivity contribution >= 4 is 33.4 Å². The molecule has 0 radical (unpaired) electrons. The molecule has 0 spiro atoms. The molecule has 2 aromatic carbocycles. The van der Waals surface area contributed by atoms with Gasteiger partial charge in [0.1, 0.15) is 12.5 Å². The molecule has 0 bridgehead atoms. The minimum absolute atomic E-state index is 0.0223. The fourth-order valence-corrected chi connectivity index (χ4v) is 6.21. The molecule has 2 N–H and O–H groups in total. The number of carboxylic acid groups (broad SMARTS) is 1. The van der Waals surface area contributed by atoms with Gasteiger partial charge in [0.15, 0.2) is 0 Å². The van der Waals surface area contributed by atoms with E-state index in [0.717, 1.165) is 58.5 Å².